The molecule has 3 aromatic carbocycles. The third kappa shape index (κ3) is 2.98. The van der Waals surface area contributed by atoms with Gasteiger partial charge in [0.1, 0.15) is 5.82 Å². The minimum Gasteiger partial charge on any atom is -0.338 e. The van der Waals surface area contributed by atoms with Gasteiger partial charge in [-0.15, -0.1) is 0 Å². The Morgan fingerprint density at radius 1 is 0.826 bits per heavy atom. The number of benzene rings is 3. The zero-order chi connectivity index (χ0) is 15.6. The molecule has 0 spiro atoms. The molecule has 0 saturated carbocycles. The molecule has 0 atom stereocenters. The summed E-state index contributed by atoms with van der Waals surface area (Å²) in [7, 11) is 0. The fourth-order valence-electron chi connectivity index (χ4n) is 2.42. The number of aromatic amines is 1. The van der Waals surface area contributed by atoms with Crippen molar-refractivity contribution in [3.63, 3.8) is 0 Å². The van der Waals surface area contributed by atoms with Crippen molar-refractivity contribution >= 4 is 34.4 Å². The summed E-state index contributed by atoms with van der Waals surface area (Å²) in [5.41, 5.74) is 3.11. The van der Waals surface area contributed by atoms with E-state index in [4.69, 9.17) is 11.6 Å². The molecule has 0 aliphatic heterocycles. The van der Waals surface area contributed by atoms with E-state index in [0.717, 1.165) is 37.2 Å². The Bertz CT molecular complexity index is 927. The number of fused-ring (bicyclic) bond motifs is 1. The van der Waals surface area contributed by atoms with Crippen LogP contribution in [0.2, 0.25) is 5.02 Å². The lowest BCUT2D eigenvalue weighted by Gasteiger charge is -2.04. The van der Waals surface area contributed by atoms with Gasteiger partial charge >= 0.3 is 0 Å². The molecule has 23 heavy (non-hydrogen) atoms. The van der Waals surface area contributed by atoms with Gasteiger partial charge in [-0.25, -0.2) is 4.98 Å². The zero-order valence-corrected chi connectivity index (χ0v) is 13.7. The molecule has 4 aromatic rings. The quantitative estimate of drug-likeness (QED) is 0.494. The van der Waals surface area contributed by atoms with Gasteiger partial charge in [0, 0.05) is 15.4 Å². The van der Waals surface area contributed by atoms with Gasteiger partial charge in [0.05, 0.1) is 16.1 Å². The molecule has 0 aliphatic carbocycles. The van der Waals surface area contributed by atoms with E-state index in [2.05, 4.69) is 34.2 Å². The smallest absolute Gasteiger partial charge is 0.138 e. The van der Waals surface area contributed by atoms with Gasteiger partial charge in [-0.05, 0) is 36.4 Å². The second kappa shape index (κ2) is 6.11. The van der Waals surface area contributed by atoms with Crippen molar-refractivity contribution in [2.45, 2.75) is 9.79 Å². The van der Waals surface area contributed by atoms with Crippen LogP contribution in [0.4, 0.5) is 0 Å². The van der Waals surface area contributed by atoms with Crippen molar-refractivity contribution in [1.82, 2.24) is 9.97 Å². The molecule has 112 valence electrons. The molecule has 1 N–H and O–H groups in total. The Morgan fingerprint density at radius 2 is 1.57 bits per heavy atom. The highest BCUT2D eigenvalue weighted by Crippen LogP contribution is 2.33. The van der Waals surface area contributed by atoms with Crippen LogP contribution in [0.5, 0.6) is 0 Å². The van der Waals surface area contributed by atoms with Gasteiger partial charge in [0.25, 0.3) is 0 Å². The van der Waals surface area contributed by atoms with Gasteiger partial charge in [-0.3, -0.25) is 0 Å². The van der Waals surface area contributed by atoms with Crippen LogP contribution in [0.3, 0.4) is 0 Å². The van der Waals surface area contributed by atoms with Crippen LogP contribution < -0.4 is 0 Å². The van der Waals surface area contributed by atoms with Crippen molar-refractivity contribution < 1.29 is 0 Å². The number of rotatable bonds is 3. The molecule has 0 fully saturated rings. The fourth-order valence-corrected chi connectivity index (χ4v) is 3.51. The highest BCUT2D eigenvalue weighted by atomic mass is 35.5. The van der Waals surface area contributed by atoms with Crippen molar-refractivity contribution in [3.8, 4) is 11.4 Å². The molecule has 4 heteroatoms. The second-order valence-corrected chi connectivity index (χ2v) is 6.68. The lowest BCUT2D eigenvalue weighted by molar-refractivity contribution is 1.32. The van der Waals surface area contributed by atoms with Crippen LogP contribution in [0.1, 0.15) is 0 Å². The highest BCUT2D eigenvalue weighted by Gasteiger charge is 2.06. The van der Waals surface area contributed by atoms with E-state index in [1.54, 1.807) is 11.8 Å². The predicted octanol–water partition coefficient (Wildman–Crippen LogP) is 6.03. The highest BCUT2D eigenvalue weighted by molar-refractivity contribution is 7.99. The first-order valence-corrected chi connectivity index (χ1v) is 8.46. The predicted molar refractivity (Wildman–Crippen MR) is 97.1 cm³/mol. The van der Waals surface area contributed by atoms with E-state index >= 15 is 0 Å². The Labute approximate surface area is 143 Å². The first-order valence-electron chi connectivity index (χ1n) is 7.27. The number of hydrogen-bond donors (Lipinski definition) is 1. The van der Waals surface area contributed by atoms with Gasteiger partial charge in [-0.2, -0.15) is 0 Å². The first kappa shape index (κ1) is 14.4. The molecular formula is C19H13ClN2S. The van der Waals surface area contributed by atoms with E-state index in [1.165, 1.54) is 0 Å². The number of nitrogens with zero attached hydrogens (tertiary/aromatic N) is 1. The molecule has 4 rings (SSSR count). The van der Waals surface area contributed by atoms with Crippen molar-refractivity contribution in [2.24, 2.45) is 0 Å². The van der Waals surface area contributed by atoms with Gasteiger partial charge < -0.3 is 4.98 Å². The summed E-state index contributed by atoms with van der Waals surface area (Å²) in [6.45, 7) is 0. The summed E-state index contributed by atoms with van der Waals surface area (Å²) >= 11 is 7.87. The topological polar surface area (TPSA) is 28.7 Å². The number of nitrogens with one attached hydrogen (secondary N) is 1. The van der Waals surface area contributed by atoms with Crippen LogP contribution in [-0.2, 0) is 0 Å². The Balaban J connectivity index is 1.61. The maximum absolute atomic E-state index is 6.21. The molecule has 1 aromatic heterocycles. The van der Waals surface area contributed by atoms with E-state index in [0.29, 0.717) is 0 Å². The number of para-hydroxylation sites is 2. The molecule has 0 bridgehead atoms. The van der Waals surface area contributed by atoms with E-state index < -0.39 is 0 Å². The van der Waals surface area contributed by atoms with Gasteiger partial charge in [0.15, 0.2) is 0 Å². The van der Waals surface area contributed by atoms with Crippen LogP contribution in [-0.4, -0.2) is 9.97 Å². The van der Waals surface area contributed by atoms with E-state index in [9.17, 15) is 0 Å². The summed E-state index contributed by atoms with van der Waals surface area (Å²) in [5, 5.41) is 0.777. The maximum Gasteiger partial charge on any atom is 0.138 e. The van der Waals surface area contributed by atoms with Gasteiger partial charge in [-0.1, -0.05) is 59.8 Å². The summed E-state index contributed by atoms with van der Waals surface area (Å²) in [4.78, 5) is 10.2. The molecule has 0 unspecified atom stereocenters. The summed E-state index contributed by atoms with van der Waals surface area (Å²) < 4.78 is 0. The maximum atomic E-state index is 6.21. The van der Waals surface area contributed by atoms with Crippen molar-refractivity contribution in [2.75, 3.05) is 0 Å². The van der Waals surface area contributed by atoms with Crippen LogP contribution >= 0.6 is 23.4 Å². The lowest BCUT2D eigenvalue weighted by atomic mass is 10.2. The number of hydrogen-bond acceptors (Lipinski definition) is 2. The first-order chi connectivity index (χ1) is 11.3. The standard InChI is InChI=1S/C19H13ClN2S/c20-15-5-1-4-8-18(15)23-14-11-9-13(10-12-14)19-21-16-6-2-3-7-17(16)22-19/h1-12H,(H,21,22). The minimum absolute atomic E-state index is 0.777. The molecule has 2 nitrogen and oxygen atoms in total. The molecule has 1 heterocycles. The third-order valence-electron chi connectivity index (χ3n) is 3.58. The minimum atomic E-state index is 0.777. The van der Waals surface area contributed by atoms with Gasteiger partial charge in [0.2, 0.25) is 0 Å². The van der Waals surface area contributed by atoms with Crippen molar-refractivity contribution in [3.05, 3.63) is 77.8 Å². The zero-order valence-electron chi connectivity index (χ0n) is 12.2. The molecule has 0 aliphatic rings. The van der Waals surface area contributed by atoms with Crippen molar-refractivity contribution in [1.29, 1.82) is 0 Å². The molecule has 0 radical (unpaired) electrons. The average Bonchev–Trinajstić information content (AvgIpc) is 3.02. The SMILES string of the molecule is Clc1ccccc1Sc1ccc(-c2nc3ccccc3[nH]2)cc1. The van der Waals surface area contributed by atoms with Crippen LogP contribution in [0, 0.1) is 0 Å². The summed E-state index contributed by atoms with van der Waals surface area (Å²) in [6.07, 6.45) is 0. The number of halogens is 1. The largest absolute Gasteiger partial charge is 0.338 e. The number of H-pyrrole nitrogens is 1. The Morgan fingerprint density at radius 3 is 2.35 bits per heavy atom. The molecule has 0 saturated heterocycles. The number of aromatic nitrogens is 2. The third-order valence-corrected chi connectivity index (χ3v) is 5.11. The van der Waals surface area contributed by atoms with E-state index in [-0.39, 0.29) is 0 Å². The molecule has 0 amide bonds. The van der Waals surface area contributed by atoms with Crippen LogP contribution in [0.15, 0.2) is 82.6 Å². The summed E-state index contributed by atoms with van der Waals surface area (Å²) in [5.74, 6) is 0.889. The Hall–Kier alpha value is -2.23. The van der Waals surface area contributed by atoms with E-state index in [1.807, 2.05) is 48.5 Å². The second-order valence-electron chi connectivity index (χ2n) is 5.16. The number of imidazole rings is 1. The average molecular weight is 337 g/mol. The summed E-state index contributed by atoms with van der Waals surface area (Å²) in [6, 6.07) is 24.3. The molecular weight excluding hydrogens is 324 g/mol. The Kier molecular flexibility index (Phi) is 3.82. The lowest BCUT2D eigenvalue weighted by Crippen LogP contribution is -1.81. The monoisotopic (exact) mass is 336 g/mol. The fraction of sp³-hybridized carbons (Fsp3) is 0. The normalized spacial score (nSPS) is 11.0. The van der Waals surface area contributed by atoms with Crippen LogP contribution in [0.25, 0.3) is 22.4 Å².